The lowest BCUT2D eigenvalue weighted by Gasteiger charge is -2.14. The van der Waals surface area contributed by atoms with Gasteiger partial charge in [-0.15, -0.1) is 11.3 Å². The molecule has 1 amide bonds. The zero-order valence-corrected chi connectivity index (χ0v) is 16.3. The van der Waals surface area contributed by atoms with Gasteiger partial charge in [0.15, 0.2) is 11.5 Å². The summed E-state index contributed by atoms with van der Waals surface area (Å²) in [6.45, 7) is 1.83. The van der Waals surface area contributed by atoms with Crippen LogP contribution in [0.15, 0.2) is 42.5 Å². The average molecular weight is 384 g/mol. The van der Waals surface area contributed by atoms with Gasteiger partial charge in [0.2, 0.25) is 5.75 Å². The van der Waals surface area contributed by atoms with E-state index in [-0.39, 0.29) is 5.91 Å². The molecule has 1 aromatic heterocycles. The summed E-state index contributed by atoms with van der Waals surface area (Å²) in [5.74, 6) is 1.18. The van der Waals surface area contributed by atoms with Crippen molar-refractivity contribution in [2.45, 2.75) is 6.92 Å². The van der Waals surface area contributed by atoms with Crippen LogP contribution in [0.5, 0.6) is 17.2 Å². The Hall–Kier alpha value is -3.06. The van der Waals surface area contributed by atoms with Crippen molar-refractivity contribution in [3.8, 4) is 27.8 Å². The average Bonchev–Trinajstić information content (AvgIpc) is 3.09. The molecule has 0 aliphatic carbocycles. The highest BCUT2D eigenvalue weighted by atomic mass is 32.1. The second kappa shape index (κ2) is 8.09. The van der Waals surface area contributed by atoms with E-state index in [4.69, 9.17) is 14.2 Å². The van der Waals surface area contributed by atoms with Crippen molar-refractivity contribution in [1.29, 1.82) is 0 Å². The van der Waals surface area contributed by atoms with Gasteiger partial charge in [0.25, 0.3) is 5.91 Å². The van der Waals surface area contributed by atoms with Crippen molar-refractivity contribution in [3.63, 3.8) is 0 Å². The van der Waals surface area contributed by atoms with Gasteiger partial charge in [-0.3, -0.25) is 4.79 Å². The third-order valence-electron chi connectivity index (χ3n) is 3.95. The zero-order chi connectivity index (χ0) is 19.4. The van der Waals surface area contributed by atoms with Crippen molar-refractivity contribution < 1.29 is 19.0 Å². The number of aromatic nitrogens is 1. The van der Waals surface area contributed by atoms with E-state index in [0.717, 1.165) is 10.6 Å². The molecular weight excluding hydrogens is 364 g/mol. The molecule has 0 saturated heterocycles. The number of hydrogen-bond acceptors (Lipinski definition) is 6. The van der Waals surface area contributed by atoms with Gasteiger partial charge in [0.05, 0.1) is 27.0 Å². The maximum absolute atomic E-state index is 12.8. The minimum absolute atomic E-state index is 0.235. The van der Waals surface area contributed by atoms with Crippen LogP contribution in [0.25, 0.3) is 10.6 Å². The number of thiazole rings is 1. The van der Waals surface area contributed by atoms with E-state index in [1.807, 2.05) is 37.3 Å². The Morgan fingerprint density at radius 2 is 1.63 bits per heavy atom. The summed E-state index contributed by atoms with van der Waals surface area (Å²) in [4.78, 5) is 17.9. The lowest BCUT2D eigenvalue weighted by Crippen LogP contribution is -2.12. The summed E-state index contributed by atoms with van der Waals surface area (Å²) >= 11 is 1.36. The van der Waals surface area contributed by atoms with Gasteiger partial charge in [-0.2, -0.15) is 0 Å². The van der Waals surface area contributed by atoms with E-state index in [2.05, 4.69) is 10.3 Å². The molecule has 140 valence electrons. The molecule has 1 heterocycles. The van der Waals surface area contributed by atoms with Gasteiger partial charge in [0.1, 0.15) is 9.88 Å². The van der Waals surface area contributed by atoms with E-state index < -0.39 is 0 Å². The Bertz CT molecular complexity index is 929. The van der Waals surface area contributed by atoms with Crippen LogP contribution in [-0.2, 0) is 0 Å². The van der Waals surface area contributed by atoms with E-state index in [1.165, 1.54) is 32.7 Å². The molecule has 6 nitrogen and oxygen atoms in total. The normalized spacial score (nSPS) is 10.4. The lowest BCUT2D eigenvalue weighted by molar-refractivity contribution is 0.103. The number of carbonyl (C=O) groups is 1. The number of aryl methyl sites for hydroxylation is 1. The second-order valence-corrected chi connectivity index (χ2v) is 6.67. The molecule has 2 aromatic carbocycles. The minimum atomic E-state index is -0.235. The topological polar surface area (TPSA) is 69.7 Å². The molecule has 0 radical (unpaired) electrons. The Kier molecular flexibility index (Phi) is 5.61. The van der Waals surface area contributed by atoms with Crippen LogP contribution in [0.2, 0.25) is 0 Å². The number of carbonyl (C=O) groups excluding carboxylic acids is 1. The van der Waals surface area contributed by atoms with Crippen LogP contribution < -0.4 is 19.5 Å². The largest absolute Gasteiger partial charge is 0.493 e. The summed E-state index contributed by atoms with van der Waals surface area (Å²) in [6, 6.07) is 13.2. The summed E-state index contributed by atoms with van der Waals surface area (Å²) in [6.07, 6.45) is 0. The number of benzene rings is 2. The minimum Gasteiger partial charge on any atom is -0.493 e. The first-order valence-electron chi connectivity index (χ1n) is 8.21. The second-order valence-electron chi connectivity index (χ2n) is 5.67. The fourth-order valence-electron chi connectivity index (χ4n) is 2.65. The first-order chi connectivity index (χ1) is 13.1. The Morgan fingerprint density at radius 1 is 1.00 bits per heavy atom. The van der Waals surface area contributed by atoms with Crippen LogP contribution in [0.4, 0.5) is 5.69 Å². The first-order valence-corrected chi connectivity index (χ1v) is 9.03. The van der Waals surface area contributed by atoms with Crippen LogP contribution in [-0.4, -0.2) is 32.2 Å². The number of nitrogens with one attached hydrogen (secondary N) is 1. The maximum atomic E-state index is 12.8. The van der Waals surface area contributed by atoms with Crippen LogP contribution >= 0.6 is 11.3 Å². The smallest absolute Gasteiger partial charge is 0.267 e. The molecule has 0 bridgehead atoms. The van der Waals surface area contributed by atoms with Gasteiger partial charge in [-0.25, -0.2) is 4.98 Å². The molecule has 1 N–H and O–H groups in total. The Balaban J connectivity index is 1.89. The first kappa shape index (κ1) is 18.7. The summed E-state index contributed by atoms with van der Waals surface area (Å²) < 4.78 is 16.0. The molecule has 0 unspecified atom stereocenters. The molecule has 0 saturated carbocycles. The van der Waals surface area contributed by atoms with Crippen molar-refractivity contribution in [2.75, 3.05) is 26.6 Å². The molecule has 3 rings (SSSR count). The summed E-state index contributed by atoms with van der Waals surface area (Å²) in [7, 11) is 4.59. The number of ether oxygens (including phenoxy) is 3. The Labute approximate surface area is 161 Å². The predicted octanol–water partition coefficient (Wildman–Crippen LogP) is 4.40. The summed E-state index contributed by atoms with van der Waals surface area (Å²) in [5, 5.41) is 3.69. The monoisotopic (exact) mass is 384 g/mol. The van der Waals surface area contributed by atoms with E-state index in [1.54, 1.807) is 12.1 Å². The lowest BCUT2D eigenvalue weighted by atomic mass is 10.2. The van der Waals surface area contributed by atoms with Gasteiger partial charge in [-0.05, 0) is 6.92 Å². The van der Waals surface area contributed by atoms with Crippen LogP contribution in [0, 0.1) is 6.92 Å². The number of amides is 1. The van der Waals surface area contributed by atoms with Crippen molar-refractivity contribution >= 4 is 22.9 Å². The van der Waals surface area contributed by atoms with Crippen molar-refractivity contribution in [1.82, 2.24) is 4.98 Å². The van der Waals surface area contributed by atoms with Gasteiger partial charge in [0, 0.05) is 23.4 Å². The molecule has 0 aliphatic heterocycles. The molecular formula is C20H20N2O4S. The fraction of sp³-hybridized carbons (Fsp3) is 0.200. The third-order valence-corrected chi connectivity index (χ3v) is 5.15. The number of rotatable bonds is 6. The molecule has 0 aliphatic rings. The molecule has 7 heteroatoms. The van der Waals surface area contributed by atoms with E-state index >= 15 is 0 Å². The fourth-order valence-corrected chi connectivity index (χ4v) is 3.62. The SMILES string of the molecule is COc1cc(NC(=O)c2sc(-c3ccccc3)nc2C)cc(OC)c1OC. The quantitative estimate of drug-likeness (QED) is 0.682. The highest BCUT2D eigenvalue weighted by Crippen LogP contribution is 2.40. The maximum Gasteiger partial charge on any atom is 0.267 e. The highest BCUT2D eigenvalue weighted by molar-refractivity contribution is 7.17. The predicted molar refractivity (Wildman–Crippen MR) is 106 cm³/mol. The van der Waals surface area contributed by atoms with Crippen LogP contribution in [0.3, 0.4) is 0 Å². The molecule has 3 aromatic rings. The number of anilines is 1. The van der Waals surface area contributed by atoms with E-state index in [9.17, 15) is 4.79 Å². The highest BCUT2D eigenvalue weighted by Gasteiger charge is 2.19. The van der Waals surface area contributed by atoms with Gasteiger partial charge >= 0.3 is 0 Å². The number of hydrogen-bond donors (Lipinski definition) is 1. The standard InChI is InChI=1S/C20H20N2O4S/c1-12-18(27-20(21-12)13-8-6-5-7-9-13)19(23)22-14-10-15(24-2)17(26-4)16(11-14)25-3/h5-11H,1-4H3,(H,22,23). The third kappa shape index (κ3) is 3.88. The summed E-state index contributed by atoms with van der Waals surface area (Å²) in [5.41, 5.74) is 2.21. The Morgan fingerprint density at radius 3 is 2.19 bits per heavy atom. The molecule has 27 heavy (non-hydrogen) atoms. The molecule has 0 spiro atoms. The molecule has 0 atom stereocenters. The number of nitrogens with zero attached hydrogens (tertiary/aromatic N) is 1. The van der Waals surface area contributed by atoms with Crippen molar-refractivity contribution in [3.05, 3.63) is 53.0 Å². The van der Waals surface area contributed by atoms with Gasteiger partial charge in [-0.1, -0.05) is 30.3 Å². The zero-order valence-electron chi connectivity index (χ0n) is 15.5. The van der Waals surface area contributed by atoms with Gasteiger partial charge < -0.3 is 19.5 Å². The van der Waals surface area contributed by atoms with Crippen molar-refractivity contribution in [2.24, 2.45) is 0 Å². The number of methoxy groups -OCH3 is 3. The van der Waals surface area contributed by atoms with E-state index in [0.29, 0.717) is 33.5 Å². The van der Waals surface area contributed by atoms with Crippen LogP contribution in [0.1, 0.15) is 15.4 Å². The molecule has 0 fully saturated rings.